The maximum atomic E-state index is 13.2. The van der Waals surface area contributed by atoms with E-state index in [4.69, 9.17) is 8.27 Å². The number of imide groups is 1. The van der Waals surface area contributed by atoms with Crippen LogP contribution >= 0.6 is 0 Å². The molecule has 2 aliphatic rings. The van der Waals surface area contributed by atoms with E-state index in [2.05, 4.69) is 9.84 Å². The van der Waals surface area contributed by atoms with E-state index < -0.39 is 55.6 Å². The van der Waals surface area contributed by atoms with Crippen LogP contribution in [0.1, 0.15) is 35.6 Å². The van der Waals surface area contributed by atoms with Crippen molar-refractivity contribution in [1.29, 1.82) is 0 Å². The Kier molecular flexibility index (Phi) is 3.89. The smallest absolute Gasteiger partial charge is 0.406 e. The zero-order valence-electron chi connectivity index (χ0n) is 23.7. The molecular weight excluding hydrogens is 465 g/mol. The summed E-state index contributed by atoms with van der Waals surface area (Å²) >= 11 is 0. The van der Waals surface area contributed by atoms with Gasteiger partial charge in [0.1, 0.15) is 11.8 Å². The molecule has 2 atom stereocenters. The topological polar surface area (TPSA) is 93.5 Å². The van der Waals surface area contributed by atoms with Crippen molar-refractivity contribution >= 4 is 17.7 Å². The first-order valence-electron chi connectivity index (χ1n) is 13.2. The van der Waals surface area contributed by atoms with Crippen molar-refractivity contribution in [2.24, 2.45) is 6.98 Å². The van der Waals surface area contributed by atoms with Crippen LogP contribution in [0.2, 0.25) is 1.41 Å². The number of amides is 3. The number of fused-ring (bicyclic) bond motifs is 1. The number of halogens is 3. The fourth-order valence-corrected chi connectivity index (χ4v) is 4.05. The van der Waals surface area contributed by atoms with Gasteiger partial charge in [-0.25, -0.2) is 0 Å². The van der Waals surface area contributed by atoms with Crippen molar-refractivity contribution in [2.45, 2.75) is 31.7 Å². The first kappa shape index (κ1) is 16.5. The number of hydrogen-bond acceptors (Lipinski definition) is 5. The van der Waals surface area contributed by atoms with Gasteiger partial charge in [-0.05, 0) is 53.9 Å². The Morgan fingerprint density at radius 2 is 1.91 bits per heavy atom. The number of rotatable bonds is 4. The first-order valence-corrected chi connectivity index (χ1v) is 10.2. The van der Waals surface area contributed by atoms with E-state index in [9.17, 15) is 27.6 Å². The molecule has 2 aromatic carbocycles. The quantitative estimate of drug-likeness (QED) is 0.566. The highest BCUT2D eigenvalue weighted by Gasteiger charge is 2.39. The Labute approximate surface area is 205 Å². The molecule has 0 aliphatic carbocycles. The Morgan fingerprint density at radius 3 is 2.63 bits per heavy atom. The monoisotopic (exact) mass is 490 g/mol. The second kappa shape index (κ2) is 8.26. The minimum atomic E-state index is -4.92. The molecule has 0 radical (unpaired) electrons. The molecule has 11 heteroatoms. The molecule has 3 aromatic rings. The molecule has 1 fully saturated rings. The number of benzene rings is 2. The van der Waals surface area contributed by atoms with E-state index in [1.165, 1.54) is 36.5 Å². The van der Waals surface area contributed by atoms with Crippen LogP contribution in [0.25, 0.3) is 22.4 Å². The molecular formula is C24H19F3N4O4. The van der Waals surface area contributed by atoms with E-state index in [1.54, 1.807) is 0 Å². The number of nitrogens with zero attached hydrogens (tertiary/aromatic N) is 3. The van der Waals surface area contributed by atoms with Gasteiger partial charge in [-0.2, -0.15) is 5.10 Å². The molecule has 1 N–H and O–H groups in total. The number of piperidine rings is 1. The first-order chi connectivity index (χ1) is 19.0. The Bertz CT molecular complexity index is 1580. The largest absolute Gasteiger partial charge is 0.573 e. The van der Waals surface area contributed by atoms with Crippen LogP contribution in [0.4, 0.5) is 13.2 Å². The number of aromatic nitrogens is 2. The number of ether oxygens (including phenoxy) is 1. The van der Waals surface area contributed by atoms with Crippen LogP contribution in [-0.2, 0) is 23.1 Å². The lowest BCUT2D eigenvalue weighted by Crippen LogP contribution is -2.52. The van der Waals surface area contributed by atoms with E-state index >= 15 is 0 Å². The number of alkyl halides is 3. The summed E-state index contributed by atoms with van der Waals surface area (Å²) in [5.74, 6) is -3.55. The molecule has 0 bridgehead atoms. The Morgan fingerprint density at radius 1 is 1.17 bits per heavy atom. The molecule has 35 heavy (non-hydrogen) atoms. The molecule has 3 amide bonds. The number of carbonyl (C=O) groups excluding carboxylic acids is 3. The summed E-state index contributed by atoms with van der Waals surface area (Å²) in [6.07, 6.45) is -5.90. The summed E-state index contributed by atoms with van der Waals surface area (Å²) in [5, 5.41) is 3.96. The van der Waals surface area contributed by atoms with Crippen molar-refractivity contribution < 1.29 is 40.6 Å². The van der Waals surface area contributed by atoms with Gasteiger partial charge >= 0.3 is 6.36 Å². The highest BCUT2D eigenvalue weighted by molar-refractivity contribution is 6.05. The van der Waals surface area contributed by atoms with Gasteiger partial charge in [-0.15, -0.1) is 13.2 Å². The van der Waals surface area contributed by atoms with Gasteiger partial charge < -0.3 is 9.64 Å². The van der Waals surface area contributed by atoms with Crippen LogP contribution in [0.5, 0.6) is 5.75 Å². The SMILES string of the molecule is [2H]C1CC(=O)N([2H])C(=O)C1([2H])N1Cc2cc(-c3cnn(C([2H])([2H])[2H])c3-c3ccc(OC(F)(F)F)cc3)ccc2C1=O. The lowest BCUT2D eigenvalue weighted by Gasteiger charge is -2.29. The fourth-order valence-electron chi connectivity index (χ4n) is 4.05. The Hall–Kier alpha value is -4.15. The predicted molar refractivity (Wildman–Crippen MR) is 117 cm³/mol. The lowest BCUT2D eigenvalue weighted by atomic mass is 9.98. The standard InChI is InChI=1S/C24H19F3N4O4/c1-30-21(13-2-5-16(6-3-13)35-24(25,26)27)18(11-28-30)14-4-7-17-15(10-14)12-31(23(17)34)19-8-9-20(32)29-22(19)33/h2-7,10-11,19H,8-9,12H2,1H3,(H,29,32,33)/i1D3,8D,19D/hD. The summed E-state index contributed by atoms with van der Waals surface area (Å²) in [7, 11) is 0. The predicted octanol–water partition coefficient (Wildman–Crippen LogP) is 3.41. The molecule has 0 saturated carbocycles. The minimum Gasteiger partial charge on any atom is -0.406 e. The normalized spacial score (nSPS) is 25.3. The summed E-state index contributed by atoms with van der Waals surface area (Å²) < 4.78 is 90.6. The van der Waals surface area contributed by atoms with E-state index in [0.717, 1.165) is 21.7 Å². The maximum absolute atomic E-state index is 13.2. The van der Waals surface area contributed by atoms with Crippen molar-refractivity contribution in [1.82, 2.24) is 20.0 Å². The van der Waals surface area contributed by atoms with Crippen LogP contribution in [0.15, 0.2) is 48.7 Å². The fraction of sp³-hybridized carbons (Fsp3) is 0.250. The summed E-state index contributed by atoms with van der Waals surface area (Å²) in [6, 6.07) is 6.38. The molecule has 1 aromatic heterocycles. The molecule has 1 saturated heterocycles. The second-order valence-corrected chi connectivity index (χ2v) is 7.76. The molecule has 0 spiro atoms. The van der Waals surface area contributed by atoms with Crippen LogP contribution in [0.3, 0.4) is 0 Å². The number of aryl methyl sites for hydroxylation is 1. The molecule has 2 unspecified atom stereocenters. The van der Waals surface area contributed by atoms with Gasteiger partial charge in [0.25, 0.3) is 5.91 Å². The summed E-state index contributed by atoms with van der Waals surface area (Å²) in [6.45, 7) is -3.07. The molecule has 2 aliphatic heterocycles. The summed E-state index contributed by atoms with van der Waals surface area (Å²) in [5.41, 5.74) is 1.31. The van der Waals surface area contributed by atoms with Crippen molar-refractivity contribution in [3.8, 4) is 28.1 Å². The maximum Gasteiger partial charge on any atom is 0.573 e. The highest BCUT2D eigenvalue weighted by Crippen LogP contribution is 2.36. The third kappa shape index (κ3) is 4.25. The van der Waals surface area contributed by atoms with Gasteiger partial charge in [-0.1, -0.05) is 6.07 Å². The average Bonchev–Trinajstić information content (AvgIpc) is 3.48. The van der Waals surface area contributed by atoms with Crippen molar-refractivity contribution in [3.05, 3.63) is 59.8 Å². The zero-order chi connectivity index (χ0) is 30.1. The number of nitrogens with one attached hydrogen (secondary N) is 1. The summed E-state index contributed by atoms with van der Waals surface area (Å²) in [4.78, 5) is 38.6. The molecule has 8 nitrogen and oxygen atoms in total. The third-order valence-corrected chi connectivity index (χ3v) is 5.56. The van der Waals surface area contributed by atoms with Crippen LogP contribution in [-0.4, -0.2) is 44.8 Å². The van der Waals surface area contributed by atoms with E-state index in [1.807, 2.05) is 0 Å². The highest BCUT2D eigenvalue weighted by atomic mass is 19.4. The number of carbonyl (C=O) groups is 3. The van der Waals surface area contributed by atoms with Gasteiger partial charge in [0.05, 0.1) is 13.3 Å². The molecule has 180 valence electrons. The van der Waals surface area contributed by atoms with Crippen LogP contribution in [0, 0.1) is 0 Å². The minimum absolute atomic E-state index is 0.0136. The zero-order valence-corrected chi connectivity index (χ0v) is 17.7. The van der Waals surface area contributed by atoms with E-state index in [0.29, 0.717) is 11.1 Å². The number of hydrogen-bond donors (Lipinski definition) is 1. The van der Waals surface area contributed by atoms with Gasteiger partial charge in [-0.3, -0.25) is 24.4 Å². The van der Waals surface area contributed by atoms with Crippen molar-refractivity contribution in [2.75, 3.05) is 0 Å². The van der Waals surface area contributed by atoms with Gasteiger partial charge in [0.15, 0.2) is 1.41 Å². The second-order valence-electron chi connectivity index (χ2n) is 7.76. The third-order valence-electron chi connectivity index (χ3n) is 5.56. The van der Waals surface area contributed by atoms with Crippen molar-refractivity contribution in [3.63, 3.8) is 0 Å². The van der Waals surface area contributed by atoms with Crippen LogP contribution < -0.4 is 10.0 Å². The lowest BCUT2D eigenvalue weighted by molar-refractivity contribution is -0.274. The van der Waals surface area contributed by atoms with E-state index in [-0.39, 0.29) is 34.2 Å². The molecule has 3 heterocycles. The molecule has 5 rings (SSSR count). The Balaban J connectivity index is 1.54. The average molecular weight is 490 g/mol. The van der Waals surface area contributed by atoms with Gasteiger partial charge in [0.2, 0.25) is 11.8 Å². The van der Waals surface area contributed by atoms with Gasteiger partial charge in [0, 0.05) is 42.1 Å².